The third-order valence-electron chi connectivity index (χ3n) is 7.71. The highest BCUT2D eigenvalue weighted by atomic mass is 16.3. The van der Waals surface area contributed by atoms with Gasteiger partial charge in [0.2, 0.25) is 0 Å². The van der Waals surface area contributed by atoms with Crippen molar-refractivity contribution < 1.29 is 8.83 Å². The van der Waals surface area contributed by atoms with Crippen molar-refractivity contribution >= 4 is 43.9 Å². The third kappa shape index (κ3) is 3.51. The van der Waals surface area contributed by atoms with Gasteiger partial charge in [0.15, 0.2) is 0 Å². The molecule has 0 unspecified atom stereocenters. The molecule has 40 heavy (non-hydrogen) atoms. The quantitative estimate of drug-likeness (QED) is 0.237. The topological polar surface area (TPSA) is 50.1 Å². The van der Waals surface area contributed by atoms with Crippen LogP contribution in [0.15, 0.2) is 136 Å². The minimum atomic E-state index is 0.648. The normalized spacial score (nSPS) is 11.5. The van der Waals surface area contributed by atoms with Crippen LogP contribution in [-0.2, 0) is 0 Å². The zero-order valence-corrected chi connectivity index (χ0v) is 21.4. The van der Waals surface area contributed by atoms with Crippen molar-refractivity contribution in [3.63, 3.8) is 0 Å². The maximum absolute atomic E-state index is 9.86. The molecule has 0 radical (unpaired) electrons. The van der Waals surface area contributed by atoms with E-state index in [1.54, 1.807) is 0 Å². The minimum absolute atomic E-state index is 0.648. The molecule has 3 heteroatoms. The summed E-state index contributed by atoms with van der Waals surface area (Å²) in [6, 6.07) is 45.7. The Balaban J connectivity index is 1.36. The Hall–Kier alpha value is -5.59. The predicted octanol–water partition coefficient (Wildman–Crippen LogP) is 10.4. The molecule has 0 saturated carbocycles. The van der Waals surface area contributed by atoms with Crippen molar-refractivity contribution in [2.24, 2.45) is 0 Å². The van der Waals surface area contributed by atoms with Gasteiger partial charge in [-0.05, 0) is 94.0 Å². The molecule has 6 aromatic carbocycles. The lowest BCUT2D eigenvalue weighted by Crippen LogP contribution is -1.89. The number of hydrogen-bond acceptors (Lipinski definition) is 3. The van der Waals surface area contributed by atoms with E-state index < -0.39 is 0 Å². The summed E-state index contributed by atoms with van der Waals surface area (Å²) in [6.07, 6.45) is 0. The van der Waals surface area contributed by atoms with E-state index in [1.165, 1.54) is 0 Å². The zero-order chi connectivity index (χ0) is 26.6. The van der Waals surface area contributed by atoms with Gasteiger partial charge >= 0.3 is 0 Å². The summed E-state index contributed by atoms with van der Waals surface area (Å²) in [5.74, 6) is 0. The molecule has 0 spiro atoms. The Bertz CT molecular complexity index is 2290. The number of furan rings is 2. The predicted molar refractivity (Wildman–Crippen MR) is 162 cm³/mol. The number of nitriles is 1. The van der Waals surface area contributed by atoms with Crippen LogP contribution in [0.1, 0.15) is 5.56 Å². The van der Waals surface area contributed by atoms with Crippen molar-refractivity contribution in [1.29, 1.82) is 5.26 Å². The van der Waals surface area contributed by atoms with Crippen LogP contribution in [0.4, 0.5) is 0 Å². The van der Waals surface area contributed by atoms with Crippen molar-refractivity contribution in [2.45, 2.75) is 0 Å². The second kappa shape index (κ2) is 8.73. The number of benzene rings is 6. The molecule has 2 heterocycles. The molecular formula is C37H21NO2. The van der Waals surface area contributed by atoms with Gasteiger partial charge in [0.1, 0.15) is 22.3 Å². The molecule has 2 aromatic heterocycles. The lowest BCUT2D eigenvalue weighted by atomic mass is 9.91. The van der Waals surface area contributed by atoms with Gasteiger partial charge in [-0.2, -0.15) is 5.26 Å². The van der Waals surface area contributed by atoms with Crippen LogP contribution >= 0.6 is 0 Å². The Morgan fingerprint density at radius 1 is 0.400 bits per heavy atom. The van der Waals surface area contributed by atoms with Gasteiger partial charge in [-0.3, -0.25) is 0 Å². The standard InChI is InChI=1S/C37H21NO2/c38-22-25-7-1-2-8-29(25)28-18-26(23-14-16-36-33(20-23)31-10-4-6-12-35(31)39-36)17-27(19-28)24-13-15-32-30-9-3-5-11-34(30)40-37(32)21-24/h1-21H. The SMILES string of the molecule is N#Cc1ccccc1-c1cc(-c2ccc3c(c2)oc2ccccc23)cc(-c2ccc3oc4ccccc4c3c2)c1. The molecular weight excluding hydrogens is 490 g/mol. The van der Waals surface area contributed by atoms with E-state index in [-0.39, 0.29) is 0 Å². The molecule has 0 aliphatic carbocycles. The molecule has 0 atom stereocenters. The molecule has 0 fully saturated rings. The molecule has 186 valence electrons. The van der Waals surface area contributed by atoms with Crippen molar-refractivity contribution in [3.05, 3.63) is 133 Å². The van der Waals surface area contributed by atoms with Crippen LogP contribution in [-0.4, -0.2) is 0 Å². The molecule has 8 aromatic rings. The van der Waals surface area contributed by atoms with E-state index in [4.69, 9.17) is 8.83 Å². The highest BCUT2D eigenvalue weighted by Gasteiger charge is 2.14. The highest BCUT2D eigenvalue weighted by molar-refractivity contribution is 6.07. The van der Waals surface area contributed by atoms with Gasteiger partial charge in [0, 0.05) is 21.5 Å². The molecule has 8 rings (SSSR count). The fraction of sp³-hybridized carbons (Fsp3) is 0. The summed E-state index contributed by atoms with van der Waals surface area (Å²) < 4.78 is 12.3. The van der Waals surface area contributed by atoms with Gasteiger partial charge in [-0.1, -0.05) is 66.7 Å². The number of rotatable bonds is 3. The molecule has 0 bridgehead atoms. The first kappa shape index (κ1) is 22.4. The monoisotopic (exact) mass is 511 g/mol. The van der Waals surface area contributed by atoms with E-state index in [0.29, 0.717) is 5.56 Å². The second-order valence-corrected chi connectivity index (χ2v) is 10.1. The number of para-hydroxylation sites is 2. The van der Waals surface area contributed by atoms with E-state index in [1.807, 2.05) is 66.7 Å². The average Bonchev–Trinajstić information content (AvgIpc) is 3.58. The smallest absolute Gasteiger partial charge is 0.136 e. The van der Waals surface area contributed by atoms with Crippen molar-refractivity contribution in [1.82, 2.24) is 0 Å². The molecule has 0 aliphatic rings. The maximum Gasteiger partial charge on any atom is 0.136 e. The zero-order valence-electron chi connectivity index (χ0n) is 21.4. The molecule has 0 aliphatic heterocycles. The van der Waals surface area contributed by atoms with Crippen LogP contribution < -0.4 is 0 Å². The number of nitrogens with zero attached hydrogens (tertiary/aromatic N) is 1. The van der Waals surface area contributed by atoms with Gasteiger partial charge in [-0.25, -0.2) is 0 Å². The molecule has 3 nitrogen and oxygen atoms in total. The summed E-state index contributed by atoms with van der Waals surface area (Å²) in [5, 5.41) is 14.3. The maximum atomic E-state index is 9.86. The first-order chi connectivity index (χ1) is 19.7. The summed E-state index contributed by atoms with van der Waals surface area (Å²) >= 11 is 0. The van der Waals surface area contributed by atoms with Gasteiger partial charge in [0.25, 0.3) is 0 Å². The lowest BCUT2D eigenvalue weighted by Gasteiger charge is -2.12. The fourth-order valence-electron chi connectivity index (χ4n) is 5.76. The summed E-state index contributed by atoms with van der Waals surface area (Å²) in [6.45, 7) is 0. The largest absolute Gasteiger partial charge is 0.456 e. The van der Waals surface area contributed by atoms with Crippen LogP contribution in [0.5, 0.6) is 0 Å². The second-order valence-electron chi connectivity index (χ2n) is 10.1. The Morgan fingerprint density at radius 2 is 0.950 bits per heavy atom. The Labute approximate surface area is 230 Å². The minimum Gasteiger partial charge on any atom is -0.456 e. The first-order valence-corrected chi connectivity index (χ1v) is 13.2. The van der Waals surface area contributed by atoms with E-state index in [0.717, 1.165) is 77.3 Å². The molecule has 0 N–H and O–H groups in total. The van der Waals surface area contributed by atoms with Gasteiger partial charge in [0.05, 0.1) is 11.6 Å². The van der Waals surface area contributed by atoms with Crippen molar-refractivity contribution in [3.8, 4) is 39.4 Å². The summed E-state index contributed by atoms with van der Waals surface area (Å²) in [7, 11) is 0. The van der Waals surface area contributed by atoms with Gasteiger partial charge in [-0.15, -0.1) is 0 Å². The Kier molecular flexibility index (Phi) is 4.89. The third-order valence-corrected chi connectivity index (χ3v) is 7.71. The van der Waals surface area contributed by atoms with E-state index in [9.17, 15) is 5.26 Å². The summed E-state index contributed by atoms with van der Waals surface area (Å²) in [4.78, 5) is 0. The number of fused-ring (bicyclic) bond motifs is 6. The van der Waals surface area contributed by atoms with Crippen LogP contribution in [0.2, 0.25) is 0 Å². The fourth-order valence-corrected chi connectivity index (χ4v) is 5.76. The van der Waals surface area contributed by atoms with Crippen LogP contribution in [0.25, 0.3) is 77.3 Å². The van der Waals surface area contributed by atoms with Crippen LogP contribution in [0, 0.1) is 11.3 Å². The lowest BCUT2D eigenvalue weighted by molar-refractivity contribution is 0.668. The average molecular weight is 512 g/mol. The Morgan fingerprint density at radius 3 is 1.73 bits per heavy atom. The summed E-state index contributed by atoms with van der Waals surface area (Å²) in [5.41, 5.74) is 10.3. The highest BCUT2D eigenvalue weighted by Crippen LogP contribution is 2.38. The molecule has 0 amide bonds. The van der Waals surface area contributed by atoms with Crippen LogP contribution in [0.3, 0.4) is 0 Å². The van der Waals surface area contributed by atoms with Gasteiger partial charge < -0.3 is 8.83 Å². The van der Waals surface area contributed by atoms with Crippen molar-refractivity contribution in [2.75, 3.05) is 0 Å². The van der Waals surface area contributed by atoms with E-state index >= 15 is 0 Å². The number of hydrogen-bond donors (Lipinski definition) is 0. The molecule has 0 saturated heterocycles. The van der Waals surface area contributed by atoms with E-state index in [2.05, 4.69) is 66.7 Å². The first-order valence-electron chi connectivity index (χ1n) is 13.2.